The van der Waals surface area contributed by atoms with Gasteiger partial charge in [0, 0.05) is 30.1 Å². The molecule has 4 nitrogen and oxygen atoms in total. The minimum atomic E-state index is -0.298. The van der Waals surface area contributed by atoms with Crippen molar-refractivity contribution in [3.8, 4) is 11.8 Å². The van der Waals surface area contributed by atoms with Crippen LogP contribution < -0.4 is 5.32 Å². The van der Waals surface area contributed by atoms with Gasteiger partial charge in [0.1, 0.15) is 5.82 Å². The minimum Gasteiger partial charge on any atom is -0.345 e. The Bertz CT molecular complexity index is 822. The molecule has 0 saturated heterocycles. The number of hydrogen-bond acceptors (Lipinski definition) is 3. The highest BCUT2D eigenvalue weighted by atomic mass is 32.2. The predicted octanol–water partition coefficient (Wildman–Crippen LogP) is 2.79. The van der Waals surface area contributed by atoms with Gasteiger partial charge in [-0.15, -0.1) is 11.8 Å². The number of nitrogens with zero attached hydrogens (tertiary/aromatic N) is 1. The lowest BCUT2D eigenvalue weighted by Crippen LogP contribution is -2.25. The number of nitrogens with one attached hydrogen (secondary N) is 1. The SMILES string of the molecule is CN(C)C(=O)c1ccc(C#CCNC(=O)CSc2ccc(F)cc2)cc1. The fourth-order valence-corrected chi connectivity index (χ4v) is 2.70. The maximum absolute atomic E-state index is 12.8. The molecule has 0 heterocycles. The van der Waals surface area contributed by atoms with E-state index in [2.05, 4.69) is 17.2 Å². The summed E-state index contributed by atoms with van der Waals surface area (Å²) < 4.78 is 12.8. The predicted molar refractivity (Wildman–Crippen MR) is 101 cm³/mol. The molecule has 1 N–H and O–H groups in total. The second-order valence-electron chi connectivity index (χ2n) is 5.60. The van der Waals surface area contributed by atoms with Crippen LogP contribution in [0.5, 0.6) is 0 Å². The normalized spacial score (nSPS) is 9.81. The van der Waals surface area contributed by atoms with Crippen LogP contribution in [-0.2, 0) is 4.79 Å². The van der Waals surface area contributed by atoms with Gasteiger partial charge in [-0.1, -0.05) is 11.8 Å². The Labute approximate surface area is 156 Å². The van der Waals surface area contributed by atoms with Crippen LogP contribution in [-0.4, -0.2) is 43.1 Å². The van der Waals surface area contributed by atoms with Gasteiger partial charge in [0.2, 0.25) is 5.91 Å². The van der Waals surface area contributed by atoms with Crippen LogP contribution >= 0.6 is 11.8 Å². The Kier molecular flexibility index (Phi) is 7.24. The maximum Gasteiger partial charge on any atom is 0.253 e. The van der Waals surface area contributed by atoms with Crippen molar-refractivity contribution in [2.75, 3.05) is 26.4 Å². The fourth-order valence-electron chi connectivity index (χ4n) is 1.97. The summed E-state index contributed by atoms with van der Waals surface area (Å²) in [7, 11) is 3.40. The quantitative estimate of drug-likeness (QED) is 0.650. The van der Waals surface area contributed by atoms with E-state index in [0.29, 0.717) is 5.56 Å². The first-order valence-electron chi connectivity index (χ1n) is 7.91. The van der Waals surface area contributed by atoms with Crippen LogP contribution in [0.25, 0.3) is 0 Å². The van der Waals surface area contributed by atoms with Crippen molar-refractivity contribution in [3.05, 3.63) is 65.5 Å². The average Bonchev–Trinajstić information content (AvgIpc) is 2.64. The number of carbonyl (C=O) groups is 2. The molecule has 0 aliphatic rings. The van der Waals surface area contributed by atoms with Crippen molar-refractivity contribution in [3.63, 3.8) is 0 Å². The molecule has 0 saturated carbocycles. The molecule has 0 atom stereocenters. The van der Waals surface area contributed by atoms with Crippen molar-refractivity contribution in [2.45, 2.75) is 4.90 Å². The van der Waals surface area contributed by atoms with E-state index in [1.807, 2.05) is 0 Å². The van der Waals surface area contributed by atoms with Crippen molar-refractivity contribution >= 4 is 23.6 Å². The smallest absolute Gasteiger partial charge is 0.253 e. The molecular formula is C20H19FN2O2S. The number of thioether (sulfide) groups is 1. The summed E-state index contributed by atoms with van der Waals surface area (Å²) in [6, 6.07) is 13.0. The zero-order chi connectivity index (χ0) is 18.9. The molecule has 0 aromatic heterocycles. The van der Waals surface area contributed by atoms with Crippen molar-refractivity contribution in [2.24, 2.45) is 0 Å². The molecule has 0 bridgehead atoms. The number of amides is 2. The molecule has 26 heavy (non-hydrogen) atoms. The first-order chi connectivity index (χ1) is 12.5. The van der Waals surface area contributed by atoms with Gasteiger partial charge in [0.05, 0.1) is 12.3 Å². The van der Waals surface area contributed by atoms with E-state index in [4.69, 9.17) is 0 Å². The standard InChI is InChI=1S/C20H19FN2O2S/c1-23(2)20(25)16-7-5-15(6-8-16)4-3-13-22-19(24)14-26-18-11-9-17(21)10-12-18/h5-12H,13-14H2,1-2H3,(H,22,24). The number of rotatable bonds is 5. The third-order valence-corrected chi connectivity index (χ3v) is 4.34. The summed E-state index contributed by atoms with van der Waals surface area (Å²) >= 11 is 1.34. The lowest BCUT2D eigenvalue weighted by molar-refractivity contribution is -0.118. The molecule has 0 radical (unpaired) electrons. The van der Waals surface area contributed by atoms with Gasteiger partial charge in [-0.2, -0.15) is 0 Å². The van der Waals surface area contributed by atoms with E-state index in [0.717, 1.165) is 10.5 Å². The lowest BCUT2D eigenvalue weighted by Gasteiger charge is -2.09. The molecule has 0 aliphatic heterocycles. The Balaban J connectivity index is 1.76. The third kappa shape index (κ3) is 6.26. The van der Waals surface area contributed by atoms with Crippen molar-refractivity contribution < 1.29 is 14.0 Å². The summed E-state index contributed by atoms with van der Waals surface area (Å²) in [4.78, 5) is 25.9. The summed E-state index contributed by atoms with van der Waals surface area (Å²) in [5, 5.41) is 2.71. The molecule has 2 amide bonds. The molecule has 2 aromatic rings. The number of halogens is 1. The largest absolute Gasteiger partial charge is 0.345 e. The van der Waals surface area contributed by atoms with Crippen LogP contribution in [0.4, 0.5) is 4.39 Å². The Morgan fingerprint density at radius 1 is 1.08 bits per heavy atom. The molecule has 0 aliphatic carbocycles. The summed E-state index contributed by atoms with van der Waals surface area (Å²) in [6.45, 7) is 0.237. The van der Waals surface area contributed by atoms with E-state index < -0.39 is 0 Å². The zero-order valence-corrected chi connectivity index (χ0v) is 15.4. The molecule has 0 unspecified atom stereocenters. The summed E-state index contributed by atoms with van der Waals surface area (Å²) in [6.07, 6.45) is 0. The topological polar surface area (TPSA) is 49.4 Å². The maximum atomic E-state index is 12.8. The molecule has 6 heteroatoms. The monoisotopic (exact) mass is 370 g/mol. The highest BCUT2D eigenvalue weighted by molar-refractivity contribution is 8.00. The molecule has 2 rings (SSSR count). The van der Waals surface area contributed by atoms with Gasteiger partial charge in [-0.25, -0.2) is 4.39 Å². The second kappa shape index (κ2) is 9.64. The third-order valence-electron chi connectivity index (χ3n) is 3.33. The molecular weight excluding hydrogens is 351 g/mol. The van der Waals surface area contributed by atoms with Crippen LogP contribution in [0.3, 0.4) is 0 Å². The van der Waals surface area contributed by atoms with Crippen LogP contribution in [0, 0.1) is 17.7 Å². The molecule has 0 fully saturated rings. The highest BCUT2D eigenvalue weighted by Gasteiger charge is 2.06. The van der Waals surface area contributed by atoms with Crippen molar-refractivity contribution in [1.29, 1.82) is 0 Å². The van der Waals surface area contributed by atoms with Gasteiger partial charge in [-0.3, -0.25) is 9.59 Å². The molecule has 0 spiro atoms. The van der Waals surface area contributed by atoms with Crippen LogP contribution in [0.15, 0.2) is 53.4 Å². The van der Waals surface area contributed by atoms with Gasteiger partial charge in [0.15, 0.2) is 0 Å². The minimum absolute atomic E-state index is 0.0598. The number of carbonyl (C=O) groups excluding carboxylic acids is 2. The first kappa shape index (κ1) is 19.5. The van der Waals surface area contributed by atoms with E-state index in [-0.39, 0.29) is 29.9 Å². The number of hydrogen-bond donors (Lipinski definition) is 1. The van der Waals surface area contributed by atoms with Gasteiger partial charge in [-0.05, 0) is 48.5 Å². The fraction of sp³-hybridized carbons (Fsp3) is 0.200. The highest BCUT2D eigenvalue weighted by Crippen LogP contribution is 2.17. The van der Waals surface area contributed by atoms with Crippen LogP contribution in [0.1, 0.15) is 15.9 Å². The average molecular weight is 370 g/mol. The van der Waals surface area contributed by atoms with Gasteiger partial charge < -0.3 is 10.2 Å². The Morgan fingerprint density at radius 2 is 1.73 bits per heavy atom. The van der Waals surface area contributed by atoms with E-state index in [9.17, 15) is 14.0 Å². The van der Waals surface area contributed by atoms with Gasteiger partial charge in [0.25, 0.3) is 5.91 Å². The van der Waals surface area contributed by atoms with Crippen molar-refractivity contribution in [1.82, 2.24) is 10.2 Å². The van der Waals surface area contributed by atoms with E-state index >= 15 is 0 Å². The second-order valence-corrected chi connectivity index (χ2v) is 6.65. The zero-order valence-electron chi connectivity index (χ0n) is 14.6. The van der Waals surface area contributed by atoms with Gasteiger partial charge >= 0.3 is 0 Å². The Hall–Kier alpha value is -2.78. The number of benzene rings is 2. The Morgan fingerprint density at radius 3 is 2.35 bits per heavy atom. The summed E-state index contributed by atoms with van der Waals surface area (Å²) in [5.74, 6) is 5.56. The lowest BCUT2D eigenvalue weighted by atomic mass is 10.1. The summed E-state index contributed by atoms with van der Waals surface area (Å²) in [5.41, 5.74) is 1.38. The molecule has 2 aromatic carbocycles. The van der Waals surface area contributed by atoms with E-state index in [1.54, 1.807) is 50.5 Å². The first-order valence-corrected chi connectivity index (χ1v) is 8.90. The van der Waals surface area contributed by atoms with E-state index in [1.165, 1.54) is 28.8 Å². The van der Waals surface area contributed by atoms with Crippen LogP contribution in [0.2, 0.25) is 0 Å². The molecule has 134 valence electrons.